The van der Waals surface area contributed by atoms with E-state index in [9.17, 15) is 13.4 Å². The highest BCUT2D eigenvalue weighted by Crippen LogP contribution is 2.40. The van der Waals surface area contributed by atoms with Crippen LogP contribution in [-0.4, -0.2) is 27.6 Å². The van der Waals surface area contributed by atoms with Crippen LogP contribution >= 0.6 is 0 Å². The molecular weight excluding hydrogens is 279 g/mol. The summed E-state index contributed by atoms with van der Waals surface area (Å²) in [5.41, 5.74) is 0.389. The second kappa shape index (κ2) is 5.28. The zero-order valence-corrected chi connectivity index (χ0v) is 12.1. The van der Waals surface area contributed by atoms with Crippen molar-refractivity contribution in [2.24, 2.45) is 5.92 Å². The van der Waals surface area contributed by atoms with Gasteiger partial charge in [0.15, 0.2) is 17.3 Å². The third kappa shape index (κ3) is 2.28. The largest absolute Gasteiger partial charge is 0.494 e. The number of ketones is 1. The summed E-state index contributed by atoms with van der Waals surface area (Å²) in [7, 11) is 0.629. The molecule has 2 saturated heterocycles. The Balaban J connectivity index is 1.80. The minimum atomic E-state index is -0.768. The first kappa shape index (κ1) is 13.7. The Morgan fingerprint density at radius 3 is 2.50 bits per heavy atom. The molecule has 3 nitrogen and oxygen atoms in total. The molecule has 0 aromatic heterocycles. The Hall–Kier alpha value is -1.23. The lowest BCUT2D eigenvalue weighted by atomic mass is 9.90. The van der Waals surface area contributed by atoms with Gasteiger partial charge in [-0.25, -0.2) is 4.39 Å². The van der Waals surface area contributed by atoms with E-state index in [0.717, 1.165) is 12.8 Å². The fourth-order valence-corrected chi connectivity index (χ4v) is 5.43. The zero-order chi connectivity index (χ0) is 14.3. The summed E-state index contributed by atoms with van der Waals surface area (Å²) in [6, 6.07) is 4.34. The number of hydrogen-bond acceptors (Lipinski definition) is 3. The van der Waals surface area contributed by atoms with E-state index >= 15 is 0 Å². The maximum Gasteiger partial charge on any atom is 0.166 e. The van der Waals surface area contributed by atoms with E-state index in [4.69, 9.17) is 4.74 Å². The van der Waals surface area contributed by atoms with Crippen LogP contribution in [0.5, 0.6) is 5.75 Å². The van der Waals surface area contributed by atoms with E-state index in [2.05, 4.69) is 0 Å². The van der Waals surface area contributed by atoms with E-state index in [0.29, 0.717) is 18.4 Å². The monoisotopic (exact) mass is 296 g/mol. The highest BCUT2D eigenvalue weighted by atomic mass is 32.2. The van der Waals surface area contributed by atoms with Crippen molar-refractivity contribution in [3.63, 3.8) is 0 Å². The van der Waals surface area contributed by atoms with Crippen LogP contribution in [0.4, 0.5) is 4.39 Å². The summed E-state index contributed by atoms with van der Waals surface area (Å²) in [5.74, 6) is -0.509. The van der Waals surface area contributed by atoms with Crippen LogP contribution in [0.15, 0.2) is 18.2 Å². The minimum absolute atomic E-state index is 0.0276. The number of carbonyl (C=O) groups is 1. The van der Waals surface area contributed by atoms with Crippen molar-refractivity contribution in [3.05, 3.63) is 29.6 Å². The lowest BCUT2D eigenvalue weighted by molar-refractivity contribution is 0.0905. The summed E-state index contributed by atoms with van der Waals surface area (Å²) in [6.07, 6.45) is 3.27. The molecule has 3 rings (SSSR count). The van der Waals surface area contributed by atoms with Crippen LogP contribution in [0.25, 0.3) is 0 Å². The minimum Gasteiger partial charge on any atom is -0.494 e. The number of fused-ring (bicyclic) bond motifs is 2. The molecule has 1 aromatic carbocycles. The maximum atomic E-state index is 13.7. The predicted molar refractivity (Wildman–Crippen MR) is 75.0 cm³/mol. The molecule has 0 saturated carbocycles. The summed E-state index contributed by atoms with van der Waals surface area (Å²) in [5, 5.41) is 0.316. The number of methoxy groups -OCH3 is 1. The molecular formula is C15H17FO3S. The standard InChI is InChI=1S/C15H17FO3S/c1-19-14-5-2-9(8-13(14)16)15(17)10-6-11-3-4-12(7-10)20(11)18/h2,5,8,10-12H,3-4,6-7H2,1H3. The van der Waals surface area contributed by atoms with Gasteiger partial charge in [-0.2, -0.15) is 0 Å². The van der Waals surface area contributed by atoms with Crippen molar-refractivity contribution in [2.45, 2.75) is 36.2 Å². The van der Waals surface area contributed by atoms with E-state index in [-0.39, 0.29) is 28.0 Å². The Kier molecular flexibility index (Phi) is 3.63. The molecule has 0 radical (unpaired) electrons. The third-order valence-corrected chi connectivity index (χ3v) is 6.54. The van der Waals surface area contributed by atoms with Crippen molar-refractivity contribution in [1.82, 2.24) is 0 Å². The maximum absolute atomic E-state index is 13.7. The number of Topliss-reactive ketones (excluding diaryl/α,β-unsaturated/α-hetero) is 1. The SMILES string of the molecule is COc1ccc(C(=O)C2CC3CCC(C2)S3=O)cc1F. The zero-order valence-electron chi connectivity index (χ0n) is 11.3. The van der Waals surface area contributed by atoms with Crippen LogP contribution in [0.3, 0.4) is 0 Å². The number of hydrogen-bond donors (Lipinski definition) is 0. The van der Waals surface area contributed by atoms with Crippen molar-refractivity contribution in [1.29, 1.82) is 0 Å². The average Bonchev–Trinajstić information content (AvgIpc) is 2.67. The smallest absolute Gasteiger partial charge is 0.166 e. The fourth-order valence-electron chi connectivity index (χ4n) is 3.30. The molecule has 0 aliphatic carbocycles. The van der Waals surface area contributed by atoms with Crippen LogP contribution in [-0.2, 0) is 10.8 Å². The molecule has 2 bridgehead atoms. The second-order valence-corrected chi connectivity index (χ2v) is 7.52. The van der Waals surface area contributed by atoms with Crippen LogP contribution in [0, 0.1) is 11.7 Å². The number of rotatable bonds is 3. The van der Waals surface area contributed by atoms with E-state index < -0.39 is 16.6 Å². The molecule has 0 amide bonds. The quantitative estimate of drug-likeness (QED) is 0.806. The summed E-state index contributed by atoms with van der Waals surface area (Å²) in [6.45, 7) is 0. The van der Waals surface area contributed by atoms with Crippen LogP contribution in [0.1, 0.15) is 36.0 Å². The van der Waals surface area contributed by atoms with Gasteiger partial charge in [0.25, 0.3) is 0 Å². The number of halogens is 1. The molecule has 2 unspecified atom stereocenters. The number of carbonyl (C=O) groups excluding carboxylic acids is 1. The molecule has 108 valence electrons. The normalized spacial score (nSPS) is 32.1. The number of benzene rings is 1. The van der Waals surface area contributed by atoms with Crippen molar-refractivity contribution >= 4 is 16.6 Å². The topological polar surface area (TPSA) is 43.4 Å². The van der Waals surface area contributed by atoms with Gasteiger partial charge in [-0.05, 0) is 43.9 Å². The van der Waals surface area contributed by atoms with Gasteiger partial charge in [0.1, 0.15) is 0 Å². The molecule has 2 atom stereocenters. The lowest BCUT2D eigenvalue weighted by Crippen LogP contribution is -2.32. The molecule has 5 heteroatoms. The van der Waals surface area contributed by atoms with E-state index in [1.165, 1.54) is 19.2 Å². The van der Waals surface area contributed by atoms with Gasteiger partial charge in [0, 0.05) is 32.8 Å². The molecule has 0 N–H and O–H groups in total. The van der Waals surface area contributed by atoms with Gasteiger partial charge in [-0.1, -0.05) is 0 Å². The highest BCUT2D eigenvalue weighted by Gasteiger charge is 2.42. The van der Waals surface area contributed by atoms with Gasteiger partial charge >= 0.3 is 0 Å². The summed E-state index contributed by atoms with van der Waals surface area (Å²) in [4.78, 5) is 12.5. The van der Waals surface area contributed by atoms with E-state index in [1.807, 2.05) is 0 Å². The summed E-state index contributed by atoms with van der Waals surface area (Å²) < 4.78 is 30.5. The Labute approximate surface area is 120 Å². The van der Waals surface area contributed by atoms with Crippen molar-refractivity contribution in [2.75, 3.05) is 7.11 Å². The lowest BCUT2D eigenvalue weighted by Gasteiger charge is -2.26. The Morgan fingerprint density at radius 1 is 1.30 bits per heavy atom. The third-order valence-electron chi connectivity index (χ3n) is 4.37. The molecule has 1 aromatic rings. The van der Waals surface area contributed by atoms with Crippen LogP contribution < -0.4 is 4.74 Å². The average molecular weight is 296 g/mol. The first-order valence-corrected chi connectivity index (χ1v) is 8.15. The van der Waals surface area contributed by atoms with Gasteiger partial charge < -0.3 is 4.74 Å². The van der Waals surface area contributed by atoms with Gasteiger partial charge in [-0.3, -0.25) is 9.00 Å². The molecule has 2 aliphatic rings. The Morgan fingerprint density at radius 2 is 1.95 bits per heavy atom. The first-order valence-electron chi connectivity index (χ1n) is 6.87. The molecule has 0 spiro atoms. The van der Waals surface area contributed by atoms with Gasteiger partial charge in [0.05, 0.1) is 7.11 Å². The Bertz CT molecular complexity index is 556. The summed E-state index contributed by atoms with van der Waals surface area (Å²) >= 11 is 0. The van der Waals surface area contributed by atoms with Crippen molar-refractivity contribution in [3.8, 4) is 5.75 Å². The second-order valence-electron chi connectivity index (χ2n) is 5.53. The van der Waals surface area contributed by atoms with Gasteiger partial charge in [-0.15, -0.1) is 0 Å². The molecule has 2 heterocycles. The molecule has 2 aliphatic heterocycles. The molecule has 2 fully saturated rings. The molecule has 20 heavy (non-hydrogen) atoms. The van der Waals surface area contributed by atoms with Crippen LogP contribution in [0.2, 0.25) is 0 Å². The number of ether oxygens (including phenoxy) is 1. The van der Waals surface area contributed by atoms with Crippen molar-refractivity contribution < 1.29 is 18.1 Å². The van der Waals surface area contributed by atoms with Gasteiger partial charge in [0.2, 0.25) is 0 Å². The predicted octanol–water partition coefficient (Wildman–Crippen LogP) is 2.71. The highest BCUT2D eigenvalue weighted by molar-refractivity contribution is 7.86. The first-order chi connectivity index (χ1) is 9.60. The fraction of sp³-hybridized carbons (Fsp3) is 0.533. The van der Waals surface area contributed by atoms with E-state index in [1.54, 1.807) is 6.07 Å².